The summed E-state index contributed by atoms with van der Waals surface area (Å²) in [6.45, 7) is 0. The van der Waals surface area contributed by atoms with E-state index in [1.165, 1.54) is 18.6 Å². The number of hydrogen-bond donors (Lipinski definition) is 1. The number of nitrogens with zero attached hydrogens (tertiary/aromatic N) is 1. The van der Waals surface area contributed by atoms with Crippen molar-refractivity contribution in [3.8, 4) is 0 Å². The van der Waals surface area contributed by atoms with E-state index in [4.69, 9.17) is 5.11 Å². The fourth-order valence-corrected chi connectivity index (χ4v) is 0.336. The summed E-state index contributed by atoms with van der Waals surface area (Å²) < 4.78 is 0. The number of allylic oxidation sites excluding steroid dienone is 3. The first-order chi connectivity index (χ1) is 3.89. The van der Waals surface area contributed by atoms with Gasteiger partial charge in [0.05, 0.1) is 0 Å². The topological polar surface area (TPSA) is 41.8 Å². The third kappa shape index (κ3) is 1.11. The highest BCUT2D eigenvalue weighted by molar-refractivity contribution is 5.75. The Labute approximate surface area is 46.6 Å². The van der Waals surface area contributed by atoms with Crippen molar-refractivity contribution >= 4 is 6.21 Å². The maximum absolute atomic E-state index is 8.67. The average molecular weight is 111 g/mol. The second kappa shape index (κ2) is 2.16. The zero-order chi connectivity index (χ0) is 5.82. The van der Waals surface area contributed by atoms with Crippen LogP contribution in [0.4, 0.5) is 0 Å². The molecule has 8 heavy (non-hydrogen) atoms. The highest BCUT2D eigenvalue weighted by Gasteiger charge is 1.85. The van der Waals surface area contributed by atoms with Gasteiger partial charge in [0.25, 0.3) is 0 Å². The number of hydrogen-bond acceptors (Lipinski definition) is 3. The molecule has 0 saturated carbocycles. The molecule has 0 aromatic rings. The van der Waals surface area contributed by atoms with E-state index in [1.807, 2.05) is 0 Å². The van der Waals surface area contributed by atoms with Crippen LogP contribution in [0.2, 0.25) is 0 Å². The molecule has 1 aliphatic heterocycles. The maximum Gasteiger partial charge on any atom is 0.137 e. The number of aliphatic hydroxyl groups is 1. The standard InChI is InChI=1S/C5H5NO2/c7-5-2-1-3-8-6-4-5/h1-4,7H. The van der Waals surface area contributed by atoms with Crippen molar-refractivity contribution in [1.82, 2.24) is 0 Å². The SMILES string of the molecule is OC1=CC=CON=C1. The normalized spacial score (nSPS) is 16.8. The van der Waals surface area contributed by atoms with E-state index in [9.17, 15) is 0 Å². The molecule has 0 aromatic carbocycles. The summed E-state index contributed by atoms with van der Waals surface area (Å²) in [5, 5.41) is 12.0. The first-order valence-corrected chi connectivity index (χ1v) is 2.14. The molecule has 1 rings (SSSR count). The lowest BCUT2D eigenvalue weighted by Gasteiger charge is -1.80. The first-order valence-electron chi connectivity index (χ1n) is 2.14. The van der Waals surface area contributed by atoms with E-state index in [2.05, 4.69) is 9.99 Å². The summed E-state index contributed by atoms with van der Waals surface area (Å²) in [4.78, 5) is 4.44. The van der Waals surface area contributed by atoms with Gasteiger partial charge in [0.1, 0.15) is 18.2 Å². The third-order valence-electron chi connectivity index (χ3n) is 0.652. The van der Waals surface area contributed by atoms with Gasteiger partial charge in [-0.25, -0.2) is 0 Å². The maximum atomic E-state index is 8.67. The molecule has 3 heteroatoms. The van der Waals surface area contributed by atoms with Crippen LogP contribution >= 0.6 is 0 Å². The summed E-state index contributed by atoms with van der Waals surface area (Å²) in [5.41, 5.74) is 0. The summed E-state index contributed by atoms with van der Waals surface area (Å²) in [6.07, 6.45) is 5.64. The fraction of sp³-hybridized carbons (Fsp3) is 0. The van der Waals surface area contributed by atoms with E-state index in [-0.39, 0.29) is 5.76 Å². The first kappa shape index (κ1) is 4.90. The van der Waals surface area contributed by atoms with Crippen LogP contribution in [0.15, 0.2) is 29.3 Å². The van der Waals surface area contributed by atoms with Crippen LogP contribution in [0.1, 0.15) is 0 Å². The molecule has 0 radical (unpaired) electrons. The quantitative estimate of drug-likeness (QED) is 0.505. The lowest BCUT2D eigenvalue weighted by Crippen LogP contribution is -1.77. The van der Waals surface area contributed by atoms with Gasteiger partial charge in [0, 0.05) is 0 Å². The second-order valence-corrected chi connectivity index (χ2v) is 1.26. The third-order valence-corrected chi connectivity index (χ3v) is 0.652. The fourth-order valence-electron chi connectivity index (χ4n) is 0.336. The molecule has 0 atom stereocenters. The summed E-state index contributed by atoms with van der Waals surface area (Å²) >= 11 is 0. The Hall–Kier alpha value is -1.25. The molecule has 0 spiro atoms. The zero-order valence-corrected chi connectivity index (χ0v) is 4.11. The summed E-state index contributed by atoms with van der Waals surface area (Å²) in [7, 11) is 0. The van der Waals surface area contributed by atoms with Gasteiger partial charge in [0.15, 0.2) is 0 Å². The monoisotopic (exact) mass is 111 g/mol. The van der Waals surface area contributed by atoms with E-state index in [1.54, 1.807) is 6.08 Å². The van der Waals surface area contributed by atoms with Gasteiger partial charge in [-0.2, -0.15) is 0 Å². The van der Waals surface area contributed by atoms with Crippen molar-refractivity contribution in [2.75, 3.05) is 0 Å². The molecule has 0 aromatic heterocycles. The minimum atomic E-state index is 0.0961. The predicted molar refractivity (Wildman–Crippen MR) is 29.4 cm³/mol. The molecular weight excluding hydrogens is 106 g/mol. The number of oxime groups is 1. The van der Waals surface area contributed by atoms with Crippen molar-refractivity contribution < 1.29 is 9.94 Å². The molecule has 0 amide bonds. The van der Waals surface area contributed by atoms with Crippen molar-refractivity contribution in [2.24, 2.45) is 5.16 Å². The molecule has 1 aliphatic rings. The molecule has 1 N–H and O–H groups in total. The van der Waals surface area contributed by atoms with Gasteiger partial charge >= 0.3 is 0 Å². The van der Waals surface area contributed by atoms with Crippen LogP contribution in [0.25, 0.3) is 0 Å². The Balaban J connectivity index is 2.73. The average Bonchev–Trinajstić information content (AvgIpc) is 1.94. The summed E-state index contributed by atoms with van der Waals surface area (Å²) in [5.74, 6) is 0.0961. The zero-order valence-electron chi connectivity index (χ0n) is 4.11. The van der Waals surface area contributed by atoms with Crippen LogP contribution < -0.4 is 0 Å². The van der Waals surface area contributed by atoms with E-state index in [0.717, 1.165) is 0 Å². The molecule has 3 nitrogen and oxygen atoms in total. The largest absolute Gasteiger partial charge is 0.506 e. The van der Waals surface area contributed by atoms with Gasteiger partial charge in [0.2, 0.25) is 0 Å². The van der Waals surface area contributed by atoms with Crippen molar-refractivity contribution in [3.63, 3.8) is 0 Å². The molecule has 42 valence electrons. The van der Waals surface area contributed by atoms with Gasteiger partial charge in [-0.15, -0.1) is 0 Å². The molecule has 0 saturated heterocycles. The Morgan fingerprint density at radius 1 is 1.62 bits per heavy atom. The predicted octanol–water partition coefficient (Wildman–Crippen LogP) is 0.958. The number of rotatable bonds is 0. The van der Waals surface area contributed by atoms with Crippen LogP contribution in [-0.4, -0.2) is 11.3 Å². The van der Waals surface area contributed by atoms with Crippen LogP contribution in [-0.2, 0) is 4.84 Å². The Kier molecular flexibility index (Phi) is 1.32. The Morgan fingerprint density at radius 2 is 2.50 bits per heavy atom. The lowest BCUT2D eigenvalue weighted by atomic mass is 10.5. The van der Waals surface area contributed by atoms with E-state index >= 15 is 0 Å². The van der Waals surface area contributed by atoms with Crippen molar-refractivity contribution in [2.45, 2.75) is 0 Å². The van der Waals surface area contributed by atoms with Crippen LogP contribution in [0.3, 0.4) is 0 Å². The molecule has 0 fully saturated rings. The Bertz CT molecular complexity index is 158. The summed E-state index contributed by atoms with van der Waals surface area (Å²) in [6, 6.07) is 0. The Morgan fingerprint density at radius 3 is 3.38 bits per heavy atom. The smallest absolute Gasteiger partial charge is 0.137 e. The van der Waals surface area contributed by atoms with E-state index < -0.39 is 0 Å². The lowest BCUT2D eigenvalue weighted by molar-refractivity contribution is 0.270. The molecule has 0 aliphatic carbocycles. The second-order valence-electron chi connectivity index (χ2n) is 1.26. The van der Waals surface area contributed by atoms with Crippen molar-refractivity contribution in [3.05, 3.63) is 24.2 Å². The minimum Gasteiger partial charge on any atom is -0.506 e. The van der Waals surface area contributed by atoms with Gasteiger partial charge in [-0.3, -0.25) is 0 Å². The van der Waals surface area contributed by atoms with Gasteiger partial charge in [-0.05, 0) is 12.2 Å². The number of aliphatic hydroxyl groups excluding tert-OH is 1. The van der Waals surface area contributed by atoms with Crippen LogP contribution in [0, 0.1) is 0 Å². The highest BCUT2D eigenvalue weighted by Crippen LogP contribution is 1.91. The molecule has 0 unspecified atom stereocenters. The van der Waals surface area contributed by atoms with Gasteiger partial charge in [-0.1, -0.05) is 5.16 Å². The van der Waals surface area contributed by atoms with Crippen molar-refractivity contribution in [1.29, 1.82) is 0 Å². The van der Waals surface area contributed by atoms with Crippen LogP contribution in [0.5, 0.6) is 0 Å². The molecular formula is C5H5NO2. The highest BCUT2D eigenvalue weighted by atomic mass is 16.6. The van der Waals surface area contributed by atoms with Gasteiger partial charge < -0.3 is 9.94 Å². The molecule has 1 heterocycles. The molecule has 0 bridgehead atoms. The van der Waals surface area contributed by atoms with E-state index in [0.29, 0.717) is 0 Å². The minimum absolute atomic E-state index is 0.0961.